The van der Waals surface area contributed by atoms with Crippen LogP contribution in [0.4, 0.5) is 18.9 Å². The van der Waals surface area contributed by atoms with E-state index in [0.29, 0.717) is 0 Å². The molecule has 0 aromatic heterocycles. The highest BCUT2D eigenvalue weighted by atomic mass is 19.4. The maximum atomic E-state index is 13.2. The van der Waals surface area contributed by atoms with E-state index in [1.165, 1.54) is 19.1 Å². The van der Waals surface area contributed by atoms with Gasteiger partial charge in [-0.25, -0.2) is 0 Å². The van der Waals surface area contributed by atoms with Crippen molar-refractivity contribution in [3.63, 3.8) is 0 Å². The zero-order valence-electron chi connectivity index (χ0n) is 18.5. The van der Waals surface area contributed by atoms with Gasteiger partial charge in [0, 0.05) is 31.6 Å². The van der Waals surface area contributed by atoms with Crippen molar-refractivity contribution < 1.29 is 22.8 Å². The first-order valence-corrected chi connectivity index (χ1v) is 11.2. The molecule has 0 bridgehead atoms. The van der Waals surface area contributed by atoms with Crippen LogP contribution in [0.3, 0.4) is 0 Å². The molecule has 1 aliphatic carbocycles. The van der Waals surface area contributed by atoms with Gasteiger partial charge in [0.1, 0.15) is 0 Å². The molecule has 176 valence electrons. The third kappa shape index (κ3) is 5.55. The van der Waals surface area contributed by atoms with Crippen LogP contribution in [0.1, 0.15) is 42.9 Å². The first-order chi connectivity index (χ1) is 15.7. The second-order valence-electron chi connectivity index (χ2n) is 9.15. The quantitative estimate of drug-likeness (QED) is 0.665. The Hall–Kier alpha value is -2.87. The molecule has 1 spiro atoms. The fourth-order valence-electron chi connectivity index (χ4n) is 4.84. The topological polar surface area (TPSA) is 61.4 Å². The molecule has 0 radical (unpaired) electrons. The minimum Gasteiger partial charge on any atom is -0.352 e. The predicted octanol–water partition coefficient (Wildman–Crippen LogP) is 4.58. The van der Waals surface area contributed by atoms with Crippen molar-refractivity contribution in [1.29, 1.82) is 0 Å². The van der Waals surface area contributed by atoms with Gasteiger partial charge in [0.2, 0.25) is 11.8 Å². The predicted molar refractivity (Wildman–Crippen MR) is 119 cm³/mol. The SMILES string of the molecule is CC(=O)Nc1ccc(CN2CCC3(CC2)CC3C(=O)NCc2ccccc2C(F)(F)F)cc1. The number of hydrogen-bond donors (Lipinski definition) is 2. The van der Waals surface area contributed by atoms with Gasteiger partial charge in [-0.2, -0.15) is 13.2 Å². The average Bonchev–Trinajstić information content (AvgIpc) is 3.48. The van der Waals surface area contributed by atoms with Gasteiger partial charge < -0.3 is 10.6 Å². The summed E-state index contributed by atoms with van der Waals surface area (Å²) in [6.45, 7) is 3.94. The molecule has 2 N–H and O–H groups in total. The van der Waals surface area contributed by atoms with E-state index >= 15 is 0 Å². The minimum absolute atomic E-state index is 0.0145. The number of carbonyl (C=O) groups is 2. The zero-order valence-corrected chi connectivity index (χ0v) is 18.5. The van der Waals surface area contributed by atoms with E-state index in [1.807, 2.05) is 24.3 Å². The first kappa shape index (κ1) is 23.3. The van der Waals surface area contributed by atoms with Gasteiger partial charge >= 0.3 is 6.18 Å². The third-order valence-electron chi connectivity index (χ3n) is 6.81. The Kier molecular flexibility index (Phi) is 6.47. The number of amides is 2. The second-order valence-corrected chi connectivity index (χ2v) is 9.15. The van der Waals surface area contributed by atoms with Crippen LogP contribution in [0.5, 0.6) is 0 Å². The number of rotatable bonds is 6. The van der Waals surface area contributed by atoms with Gasteiger partial charge in [0.25, 0.3) is 0 Å². The highest BCUT2D eigenvalue weighted by Crippen LogP contribution is 2.59. The van der Waals surface area contributed by atoms with Crippen molar-refractivity contribution in [3.05, 3.63) is 65.2 Å². The lowest BCUT2D eigenvalue weighted by Crippen LogP contribution is -2.36. The molecule has 33 heavy (non-hydrogen) atoms. The van der Waals surface area contributed by atoms with E-state index in [2.05, 4.69) is 15.5 Å². The van der Waals surface area contributed by atoms with Crippen LogP contribution in [0.25, 0.3) is 0 Å². The number of benzene rings is 2. The Morgan fingerprint density at radius 1 is 1.06 bits per heavy atom. The van der Waals surface area contributed by atoms with Crippen molar-refractivity contribution in [2.75, 3.05) is 18.4 Å². The number of hydrogen-bond acceptors (Lipinski definition) is 3. The number of nitrogens with one attached hydrogen (secondary N) is 2. The molecule has 2 aromatic rings. The first-order valence-electron chi connectivity index (χ1n) is 11.2. The summed E-state index contributed by atoms with van der Waals surface area (Å²) in [6, 6.07) is 13.1. The van der Waals surface area contributed by atoms with Gasteiger partial charge in [-0.3, -0.25) is 14.5 Å². The van der Waals surface area contributed by atoms with Gasteiger partial charge in [-0.15, -0.1) is 0 Å². The lowest BCUT2D eigenvalue weighted by Gasteiger charge is -2.32. The fraction of sp³-hybridized carbons (Fsp3) is 0.440. The second kappa shape index (κ2) is 9.17. The Morgan fingerprint density at radius 2 is 1.73 bits per heavy atom. The number of halogens is 3. The largest absolute Gasteiger partial charge is 0.416 e. The summed E-state index contributed by atoms with van der Waals surface area (Å²) >= 11 is 0. The molecule has 2 aromatic carbocycles. The van der Waals surface area contributed by atoms with Crippen molar-refractivity contribution >= 4 is 17.5 Å². The summed E-state index contributed by atoms with van der Waals surface area (Å²) in [7, 11) is 0. The van der Waals surface area contributed by atoms with Crippen molar-refractivity contribution in [3.8, 4) is 0 Å². The van der Waals surface area contributed by atoms with Crippen LogP contribution in [0.15, 0.2) is 48.5 Å². The van der Waals surface area contributed by atoms with Gasteiger partial charge in [0.05, 0.1) is 5.56 Å². The van der Waals surface area contributed by atoms with E-state index < -0.39 is 11.7 Å². The molecule has 8 heteroatoms. The normalized spacial score (nSPS) is 19.8. The maximum absolute atomic E-state index is 13.2. The summed E-state index contributed by atoms with van der Waals surface area (Å²) in [5.74, 6) is -0.361. The van der Waals surface area contributed by atoms with Gasteiger partial charge in [-0.1, -0.05) is 30.3 Å². The summed E-state index contributed by atoms with van der Waals surface area (Å²) in [5.41, 5.74) is 1.31. The van der Waals surface area contributed by atoms with E-state index in [4.69, 9.17) is 0 Å². The summed E-state index contributed by atoms with van der Waals surface area (Å²) in [6.07, 6.45) is -1.80. The van der Waals surface area contributed by atoms with Crippen LogP contribution in [-0.2, 0) is 28.9 Å². The van der Waals surface area contributed by atoms with E-state index in [-0.39, 0.29) is 35.3 Å². The number of piperidine rings is 1. The van der Waals surface area contributed by atoms with Gasteiger partial charge in [0.15, 0.2) is 0 Å². The molecule has 1 aliphatic heterocycles. The summed E-state index contributed by atoms with van der Waals surface area (Å²) < 4.78 is 39.5. The molecular weight excluding hydrogens is 431 g/mol. The average molecular weight is 460 g/mol. The van der Waals surface area contributed by atoms with Crippen molar-refractivity contribution in [2.24, 2.45) is 11.3 Å². The molecule has 1 unspecified atom stereocenters. The standard InChI is InChI=1S/C25H28F3N3O2/c1-17(32)30-20-8-6-18(7-9-20)16-31-12-10-24(11-13-31)14-22(24)23(33)29-15-19-4-2-3-5-21(19)25(26,27)28/h2-9,22H,10-16H2,1H3,(H,29,33)(H,30,32). The number of alkyl halides is 3. The number of likely N-dealkylation sites (tertiary alicyclic amines) is 1. The lowest BCUT2D eigenvalue weighted by molar-refractivity contribution is -0.138. The van der Waals surface area contributed by atoms with Crippen LogP contribution >= 0.6 is 0 Å². The molecule has 2 fully saturated rings. The Labute approximate surface area is 191 Å². The molecule has 2 aliphatic rings. The number of anilines is 1. The minimum atomic E-state index is -4.43. The molecular formula is C25H28F3N3O2. The highest BCUT2D eigenvalue weighted by Gasteiger charge is 2.58. The van der Waals surface area contributed by atoms with E-state index in [9.17, 15) is 22.8 Å². The Bertz CT molecular complexity index is 1010. The van der Waals surface area contributed by atoms with Crippen molar-refractivity contribution in [2.45, 2.75) is 45.5 Å². The van der Waals surface area contributed by atoms with Crippen LogP contribution < -0.4 is 10.6 Å². The maximum Gasteiger partial charge on any atom is 0.416 e. The van der Waals surface area contributed by atoms with E-state index in [1.54, 1.807) is 6.07 Å². The summed E-state index contributed by atoms with van der Waals surface area (Å²) in [4.78, 5) is 26.1. The fourth-order valence-corrected chi connectivity index (χ4v) is 4.84. The molecule has 4 rings (SSSR count). The highest BCUT2D eigenvalue weighted by molar-refractivity contribution is 5.88. The van der Waals surface area contributed by atoms with Crippen molar-refractivity contribution in [1.82, 2.24) is 10.2 Å². The third-order valence-corrected chi connectivity index (χ3v) is 6.81. The number of nitrogens with zero attached hydrogens (tertiary/aromatic N) is 1. The van der Waals surface area contributed by atoms with Crippen LogP contribution in [-0.4, -0.2) is 29.8 Å². The lowest BCUT2D eigenvalue weighted by atomic mass is 9.90. The molecule has 1 saturated heterocycles. The van der Waals surface area contributed by atoms with Crippen LogP contribution in [0, 0.1) is 11.3 Å². The Morgan fingerprint density at radius 3 is 2.36 bits per heavy atom. The molecule has 1 atom stereocenters. The molecule has 5 nitrogen and oxygen atoms in total. The molecule has 2 amide bonds. The summed E-state index contributed by atoms with van der Waals surface area (Å²) in [5, 5.41) is 5.49. The van der Waals surface area contributed by atoms with Gasteiger partial charge in [-0.05, 0) is 67.1 Å². The van der Waals surface area contributed by atoms with E-state index in [0.717, 1.165) is 56.2 Å². The Balaban J connectivity index is 1.25. The smallest absolute Gasteiger partial charge is 0.352 e. The monoisotopic (exact) mass is 459 g/mol. The molecule has 1 saturated carbocycles. The number of carbonyl (C=O) groups excluding carboxylic acids is 2. The molecule has 1 heterocycles. The van der Waals surface area contributed by atoms with Crippen LogP contribution in [0.2, 0.25) is 0 Å². The zero-order chi connectivity index (χ0) is 23.6.